The first kappa shape index (κ1) is 13.6. The first-order chi connectivity index (χ1) is 10.3. The number of likely N-dealkylation sites (N-methyl/N-ethyl adjacent to an activating group) is 1. The lowest BCUT2D eigenvalue weighted by Crippen LogP contribution is -2.19. The second-order valence-electron chi connectivity index (χ2n) is 4.90. The Bertz CT molecular complexity index is 772. The highest BCUT2D eigenvalue weighted by molar-refractivity contribution is 7.78. The maximum Gasteiger partial charge on any atom is 0.0700 e. The maximum atomic E-state index is 5.00. The molecule has 0 radical (unpaired) electrons. The zero-order valence-corrected chi connectivity index (χ0v) is 12.6. The summed E-state index contributed by atoms with van der Waals surface area (Å²) < 4.78 is 0. The fourth-order valence-corrected chi connectivity index (χ4v) is 2.61. The van der Waals surface area contributed by atoms with Crippen LogP contribution in [0.4, 0.5) is 0 Å². The fourth-order valence-electron chi connectivity index (χ4n) is 2.49. The van der Waals surface area contributed by atoms with Crippen LogP contribution in [-0.2, 0) is 0 Å². The van der Waals surface area contributed by atoms with Crippen molar-refractivity contribution >= 4 is 34.2 Å². The van der Waals surface area contributed by atoms with E-state index in [1.165, 1.54) is 10.8 Å². The minimum absolute atomic E-state index is 1.01. The summed E-state index contributed by atoms with van der Waals surface area (Å²) in [5.41, 5.74) is 4.78. The summed E-state index contributed by atoms with van der Waals surface area (Å²) in [5, 5.41) is 5.66. The Hall–Kier alpha value is -2.39. The lowest BCUT2D eigenvalue weighted by molar-refractivity contribution is 0.584. The molecule has 0 bridgehead atoms. The van der Waals surface area contributed by atoms with Crippen molar-refractivity contribution in [2.75, 3.05) is 7.05 Å². The van der Waals surface area contributed by atoms with Crippen LogP contribution in [0, 0.1) is 0 Å². The van der Waals surface area contributed by atoms with Gasteiger partial charge in [0.05, 0.1) is 16.9 Å². The zero-order chi connectivity index (χ0) is 14.7. The van der Waals surface area contributed by atoms with E-state index < -0.39 is 0 Å². The van der Waals surface area contributed by atoms with Crippen LogP contribution in [0.1, 0.15) is 5.56 Å². The van der Waals surface area contributed by atoms with Crippen molar-refractivity contribution < 1.29 is 0 Å². The Morgan fingerprint density at radius 2 is 1.90 bits per heavy atom. The molecule has 3 heteroatoms. The third-order valence-corrected chi connectivity index (χ3v) is 3.67. The number of thiocarbonyl (C=S) groups is 1. The van der Waals surface area contributed by atoms with Crippen LogP contribution >= 0.6 is 12.2 Å². The second kappa shape index (κ2) is 5.94. The smallest absolute Gasteiger partial charge is 0.0700 e. The number of nitrogens with zero attached hydrogens (tertiary/aromatic N) is 1. The average Bonchev–Trinajstić information content (AvgIpc) is 2.53. The molecule has 3 rings (SSSR count). The summed E-state index contributed by atoms with van der Waals surface area (Å²) in [5.74, 6) is 0. The van der Waals surface area contributed by atoms with Crippen LogP contribution in [0.3, 0.4) is 0 Å². The highest BCUT2D eigenvalue weighted by Crippen LogP contribution is 2.24. The van der Waals surface area contributed by atoms with E-state index >= 15 is 0 Å². The van der Waals surface area contributed by atoms with E-state index in [1.807, 2.05) is 25.4 Å². The quantitative estimate of drug-likeness (QED) is 0.859. The van der Waals surface area contributed by atoms with E-state index in [-0.39, 0.29) is 0 Å². The summed E-state index contributed by atoms with van der Waals surface area (Å²) in [6, 6.07) is 14.8. The molecule has 0 unspecified atom stereocenters. The molecule has 0 fully saturated rings. The third kappa shape index (κ3) is 2.73. The molecule has 2 aromatic carbocycles. The van der Waals surface area contributed by atoms with Crippen molar-refractivity contribution in [1.29, 1.82) is 0 Å². The van der Waals surface area contributed by atoms with Gasteiger partial charge in [-0.1, -0.05) is 54.7 Å². The predicted molar refractivity (Wildman–Crippen MR) is 93.7 cm³/mol. The van der Waals surface area contributed by atoms with Crippen molar-refractivity contribution in [3.63, 3.8) is 0 Å². The molecule has 1 aliphatic rings. The molecule has 0 amide bonds. The molecule has 104 valence electrons. The highest BCUT2D eigenvalue weighted by atomic mass is 32.1. The molecule has 2 aromatic rings. The molecule has 0 atom stereocenters. The number of fused-ring (bicyclic) bond motifs is 1. The molecule has 0 saturated carbocycles. The molecule has 1 heterocycles. The van der Waals surface area contributed by atoms with Crippen LogP contribution in [0.5, 0.6) is 0 Å². The molecule has 1 aliphatic heterocycles. The molecule has 2 nitrogen and oxygen atoms in total. The first-order valence-electron chi connectivity index (χ1n) is 6.81. The van der Waals surface area contributed by atoms with Crippen molar-refractivity contribution in [1.82, 2.24) is 10.2 Å². The van der Waals surface area contributed by atoms with Crippen molar-refractivity contribution in [2.45, 2.75) is 0 Å². The van der Waals surface area contributed by atoms with Crippen molar-refractivity contribution in [2.24, 2.45) is 0 Å². The van der Waals surface area contributed by atoms with Gasteiger partial charge >= 0.3 is 0 Å². The second-order valence-corrected chi connectivity index (χ2v) is 5.13. The molecular formula is C18H16N2S. The van der Waals surface area contributed by atoms with Crippen LogP contribution in [0.15, 0.2) is 72.6 Å². The van der Waals surface area contributed by atoms with Gasteiger partial charge in [0.15, 0.2) is 0 Å². The maximum absolute atomic E-state index is 5.00. The molecule has 0 saturated heterocycles. The molecule has 0 aromatic heterocycles. The Morgan fingerprint density at radius 3 is 2.67 bits per heavy atom. The summed E-state index contributed by atoms with van der Waals surface area (Å²) >= 11 is 5.00. The van der Waals surface area contributed by atoms with Gasteiger partial charge in [0.1, 0.15) is 0 Å². The van der Waals surface area contributed by atoms with Crippen LogP contribution in [-0.4, -0.2) is 17.4 Å². The van der Waals surface area contributed by atoms with Gasteiger partial charge in [0, 0.05) is 18.8 Å². The van der Waals surface area contributed by atoms with E-state index in [4.69, 9.17) is 12.2 Å². The molecular weight excluding hydrogens is 276 g/mol. The standard InChI is InChI=1S/C18H16N2S/c1-20-11-5-4-8-17(20)18(19-13-21)16-10-9-14-6-2-3-7-15(14)12-16/h2-13H,1H3,(H,19,21)/b18-17-. The molecule has 1 N–H and O–H groups in total. The Kier molecular flexibility index (Phi) is 3.84. The Labute approximate surface area is 130 Å². The largest absolute Gasteiger partial charge is 0.350 e. The molecule has 0 spiro atoms. The number of allylic oxidation sites excluding steroid dienone is 3. The number of benzene rings is 2. The molecule has 21 heavy (non-hydrogen) atoms. The summed E-state index contributed by atoms with van der Waals surface area (Å²) in [6.45, 7) is 0. The van der Waals surface area contributed by atoms with Crippen molar-refractivity contribution in [3.8, 4) is 0 Å². The van der Waals surface area contributed by atoms with E-state index in [9.17, 15) is 0 Å². The van der Waals surface area contributed by atoms with Gasteiger partial charge in [0.25, 0.3) is 0 Å². The van der Waals surface area contributed by atoms with E-state index in [0.29, 0.717) is 0 Å². The predicted octanol–water partition coefficient (Wildman–Crippen LogP) is 4.07. The normalized spacial score (nSPS) is 16.1. The third-order valence-electron chi connectivity index (χ3n) is 3.55. The minimum Gasteiger partial charge on any atom is -0.350 e. The van der Waals surface area contributed by atoms with E-state index in [0.717, 1.165) is 17.0 Å². The summed E-state index contributed by atoms with van der Waals surface area (Å²) in [4.78, 5) is 2.08. The van der Waals surface area contributed by atoms with Gasteiger partial charge in [-0.25, -0.2) is 0 Å². The Balaban J connectivity index is 2.15. The van der Waals surface area contributed by atoms with Crippen molar-refractivity contribution in [3.05, 3.63) is 78.2 Å². The number of nitrogens with one attached hydrogen (secondary N) is 1. The lowest BCUT2D eigenvalue weighted by atomic mass is 10.0. The van der Waals surface area contributed by atoms with Gasteiger partial charge in [-0.3, -0.25) is 0 Å². The van der Waals surface area contributed by atoms with Gasteiger partial charge in [0.2, 0.25) is 0 Å². The SMILES string of the molecule is CN1C=CC=C/C1=C(/NC=S)c1ccc2ccccc2c1. The summed E-state index contributed by atoms with van der Waals surface area (Å²) in [6.07, 6.45) is 8.15. The van der Waals surface area contributed by atoms with Gasteiger partial charge in [-0.05, 0) is 29.0 Å². The monoisotopic (exact) mass is 292 g/mol. The minimum atomic E-state index is 1.01. The lowest BCUT2D eigenvalue weighted by Gasteiger charge is -2.22. The zero-order valence-electron chi connectivity index (χ0n) is 11.8. The van der Waals surface area contributed by atoms with Gasteiger partial charge in [-0.15, -0.1) is 0 Å². The molecule has 0 aliphatic carbocycles. The van der Waals surface area contributed by atoms with Crippen LogP contribution < -0.4 is 5.32 Å². The van der Waals surface area contributed by atoms with Crippen LogP contribution in [0.2, 0.25) is 0 Å². The van der Waals surface area contributed by atoms with Gasteiger partial charge < -0.3 is 10.2 Å². The van der Waals surface area contributed by atoms with Gasteiger partial charge in [-0.2, -0.15) is 0 Å². The fraction of sp³-hybridized carbons (Fsp3) is 0.0556. The average molecular weight is 292 g/mol. The van der Waals surface area contributed by atoms with Crippen LogP contribution in [0.25, 0.3) is 16.5 Å². The number of rotatable bonds is 3. The topological polar surface area (TPSA) is 15.3 Å². The first-order valence-corrected chi connectivity index (χ1v) is 7.28. The number of hydrogen-bond acceptors (Lipinski definition) is 2. The number of hydrogen-bond donors (Lipinski definition) is 1. The van der Waals surface area contributed by atoms with E-state index in [2.05, 4.69) is 58.8 Å². The highest BCUT2D eigenvalue weighted by Gasteiger charge is 2.11. The van der Waals surface area contributed by atoms with E-state index in [1.54, 1.807) is 5.49 Å². The Morgan fingerprint density at radius 1 is 1.10 bits per heavy atom. The summed E-state index contributed by atoms with van der Waals surface area (Å²) in [7, 11) is 2.03.